The summed E-state index contributed by atoms with van der Waals surface area (Å²) in [6, 6.07) is 42.9. The van der Waals surface area contributed by atoms with Crippen LogP contribution in [0.4, 0.5) is 0 Å². The molecule has 0 radical (unpaired) electrons. The number of hydrogen-bond donors (Lipinski definition) is 0. The lowest BCUT2D eigenvalue weighted by Gasteiger charge is -2.19. The SMILES string of the molecule is c1ccc(-c2ccccc2-c2c3ccccc3c(-c3ccccc3)c3ncccc23)cc1. The normalized spacial score (nSPS) is 11.1. The number of hydrogen-bond acceptors (Lipinski definition) is 1. The second-order valence-corrected chi connectivity index (χ2v) is 7.97. The average molecular weight is 408 g/mol. The van der Waals surface area contributed by atoms with Gasteiger partial charge in [0.2, 0.25) is 0 Å². The molecule has 1 heterocycles. The van der Waals surface area contributed by atoms with Crippen LogP contribution < -0.4 is 0 Å². The van der Waals surface area contributed by atoms with Gasteiger partial charge >= 0.3 is 0 Å². The largest absolute Gasteiger partial charge is 0.256 e. The summed E-state index contributed by atoms with van der Waals surface area (Å²) in [5.74, 6) is 0. The number of benzene rings is 5. The highest BCUT2D eigenvalue weighted by molar-refractivity contribution is 6.21. The minimum absolute atomic E-state index is 1.04. The molecular formula is C31H21N. The van der Waals surface area contributed by atoms with Gasteiger partial charge in [0.1, 0.15) is 0 Å². The van der Waals surface area contributed by atoms with Gasteiger partial charge < -0.3 is 0 Å². The van der Waals surface area contributed by atoms with Gasteiger partial charge in [-0.05, 0) is 44.7 Å². The lowest BCUT2D eigenvalue weighted by molar-refractivity contribution is 1.42. The summed E-state index contributed by atoms with van der Waals surface area (Å²) in [4.78, 5) is 4.90. The van der Waals surface area contributed by atoms with Gasteiger partial charge in [-0.15, -0.1) is 0 Å². The van der Waals surface area contributed by atoms with Crippen LogP contribution >= 0.6 is 0 Å². The smallest absolute Gasteiger partial charge is 0.0792 e. The summed E-state index contributed by atoms with van der Waals surface area (Å²) in [5, 5.41) is 3.64. The Morgan fingerprint density at radius 3 is 1.62 bits per heavy atom. The Bertz CT molecular complexity index is 1490. The minimum atomic E-state index is 1.04. The third kappa shape index (κ3) is 2.99. The molecule has 0 aliphatic carbocycles. The van der Waals surface area contributed by atoms with Gasteiger partial charge in [0.05, 0.1) is 5.52 Å². The van der Waals surface area contributed by atoms with E-state index in [1.807, 2.05) is 12.3 Å². The highest BCUT2D eigenvalue weighted by Crippen LogP contribution is 2.45. The van der Waals surface area contributed by atoms with Crippen molar-refractivity contribution in [2.75, 3.05) is 0 Å². The molecular weight excluding hydrogens is 386 g/mol. The molecule has 0 amide bonds. The predicted molar refractivity (Wildman–Crippen MR) is 136 cm³/mol. The zero-order chi connectivity index (χ0) is 21.3. The van der Waals surface area contributed by atoms with Crippen molar-refractivity contribution in [1.29, 1.82) is 0 Å². The Kier molecular flexibility index (Phi) is 4.51. The lowest BCUT2D eigenvalue weighted by atomic mass is 9.85. The van der Waals surface area contributed by atoms with Gasteiger partial charge in [-0.25, -0.2) is 0 Å². The predicted octanol–water partition coefficient (Wildman–Crippen LogP) is 8.39. The molecule has 0 saturated carbocycles. The Balaban J connectivity index is 1.79. The number of fused-ring (bicyclic) bond motifs is 2. The van der Waals surface area contributed by atoms with E-state index in [-0.39, 0.29) is 0 Å². The summed E-state index contributed by atoms with van der Waals surface area (Å²) in [6.45, 7) is 0. The van der Waals surface area contributed by atoms with E-state index in [1.54, 1.807) is 0 Å². The second kappa shape index (κ2) is 7.79. The Hall–Kier alpha value is -4.23. The van der Waals surface area contributed by atoms with Gasteiger partial charge in [0.25, 0.3) is 0 Å². The van der Waals surface area contributed by atoms with Crippen molar-refractivity contribution in [3.05, 3.63) is 128 Å². The van der Waals surface area contributed by atoms with Crippen molar-refractivity contribution < 1.29 is 0 Å². The summed E-state index contributed by atoms with van der Waals surface area (Å²) in [7, 11) is 0. The van der Waals surface area contributed by atoms with E-state index in [4.69, 9.17) is 4.98 Å². The number of rotatable bonds is 3. The summed E-state index contributed by atoms with van der Waals surface area (Å²) in [5.41, 5.74) is 8.34. The van der Waals surface area contributed by atoms with E-state index >= 15 is 0 Å². The van der Waals surface area contributed by atoms with E-state index in [2.05, 4.69) is 115 Å². The minimum Gasteiger partial charge on any atom is -0.256 e. The molecule has 0 unspecified atom stereocenters. The highest BCUT2D eigenvalue weighted by Gasteiger charge is 2.19. The molecule has 150 valence electrons. The summed E-state index contributed by atoms with van der Waals surface area (Å²) < 4.78 is 0. The van der Waals surface area contributed by atoms with Gasteiger partial charge in [0, 0.05) is 17.1 Å². The van der Waals surface area contributed by atoms with Crippen LogP contribution in [0.25, 0.3) is 55.1 Å². The molecule has 1 heteroatoms. The quantitative estimate of drug-likeness (QED) is 0.268. The van der Waals surface area contributed by atoms with Crippen LogP contribution in [0.1, 0.15) is 0 Å². The van der Waals surface area contributed by atoms with Crippen molar-refractivity contribution in [3.63, 3.8) is 0 Å². The lowest BCUT2D eigenvalue weighted by Crippen LogP contribution is -1.93. The fourth-order valence-corrected chi connectivity index (χ4v) is 4.76. The van der Waals surface area contributed by atoms with Crippen LogP contribution in [0, 0.1) is 0 Å². The maximum absolute atomic E-state index is 4.90. The first-order valence-electron chi connectivity index (χ1n) is 10.9. The summed E-state index contributed by atoms with van der Waals surface area (Å²) in [6.07, 6.45) is 1.90. The van der Waals surface area contributed by atoms with E-state index in [9.17, 15) is 0 Å². The molecule has 0 aliphatic heterocycles. The van der Waals surface area contributed by atoms with Crippen LogP contribution in [0.2, 0.25) is 0 Å². The van der Waals surface area contributed by atoms with E-state index < -0.39 is 0 Å². The molecule has 1 nitrogen and oxygen atoms in total. The molecule has 6 rings (SSSR count). The fraction of sp³-hybridized carbons (Fsp3) is 0. The molecule has 0 aliphatic rings. The zero-order valence-electron chi connectivity index (χ0n) is 17.6. The standard InChI is InChI=1S/C31H21N/c1-3-12-22(13-4-1)24-16-7-8-17-25(24)30-27-19-10-9-18-26(27)29(23-14-5-2-6-15-23)31-28(30)20-11-21-32-31/h1-21H. The Labute approximate surface area is 187 Å². The first-order chi connectivity index (χ1) is 15.9. The van der Waals surface area contributed by atoms with Gasteiger partial charge in [0.15, 0.2) is 0 Å². The first kappa shape index (κ1) is 18.5. The monoisotopic (exact) mass is 407 g/mol. The topological polar surface area (TPSA) is 12.9 Å². The van der Waals surface area contributed by atoms with E-state index in [1.165, 1.54) is 49.5 Å². The molecule has 0 saturated heterocycles. The zero-order valence-corrected chi connectivity index (χ0v) is 17.6. The van der Waals surface area contributed by atoms with Crippen molar-refractivity contribution in [2.45, 2.75) is 0 Å². The molecule has 0 bridgehead atoms. The molecule has 32 heavy (non-hydrogen) atoms. The van der Waals surface area contributed by atoms with Gasteiger partial charge in [-0.3, -0.25) is 4.98 Å². The third-order valence-electron chi connectivity index (χ3n) is 6.12. The van der Waals surface area contributed by atoms with Gasteiger partial charge in [-0.2, -0.15) is 0 Å². The number of aromatic nitrogens is 1. The molecule has 0 atom stereocenters. The molecule has 5 aromatic carbocycles. The third-order valence-corrected chi connectivity index (χ3v) is 6.12. The Morgan fingerprint density at radius 2 is 0.906 bits per heavy atom. The molecule has 1 aromatic heterocycles. The maximum atomic E-state index is 4.90. The highest BCUT2D eigenvalue weighted by atomic mass is 14.7. The van der Waals surface area contributed by atoms with Crippen molar-refractivity contribution in [2.24, 2.45) is 0 Å². The molecule has 6 aromatic rings. The molecule has 0 fully saturated rings. The van der Waals surface area contributed by atoms with Crippen LogP contribution in [-0.4, -0.2) is 4.98 Å². The number of nitrogens with zero attached hydrogens (tertiary/aromatic N) is 1. The first-order valence-corrected chi connectivity index (χ1v) is 10.9. The van der Waals surface area contributed by atoms with Crippen LogP contribution in [0.15, 0.2) is 128 Å². The van der Waals surface area contributed by atoms with Crippen LogP contribution in [0.5, 0.6) is 0 Å². The van der Waals surface area contributed by atoms with Gasteiger partial charge in [-0.1, -0.05) is 115 Å². The second-order valence-electron chi connectivity index (χ2n) is 7.97. The van der Waals surface area contributed by atoms with Crippen molar-refractivity contribution in [3.8, 4) is 33.4 Å². The maximum Gasteiger partial charge on any atom is 0.0792 e. The van der Waals surface area contributed by atoms with E-state index in [0.717, 1.165) is 5.52 Å². The van der Waals surface area contributed by atoms with Crippen LogP contribution in [0.3, 0.4) is 0 Å². The Morgan fingerprint density at radius 1 is 0.375 bits per heavy atom. The summed E-state index contributed by atoms with van der Waals surface area (Å²) >= 11 is 0. The van der Waals surface area contributed by atoms with Crippen molar-refractivity contribution >= 4 is 21.7 Å². The van der Waals surface area contributed by atoms with Crippen LogP contribution in [-0.2, 0) is 0 Å². The molecule has 0 spiro atoms. The molecule has 0 N–H and O–H groups in total. The number of pyridine rings is 1. The fourth-order valence-electron chi connectivity index (χ4n) is 4.76. The van der Waals surface area contributed by atoms with E-state index in [0.29, 0.717) is 0 Å². The average Bonchev–Trinajstić information content (AvgIpc) is 2.88. The van der Waals surface area contributed by atoms with Crippen molar-refractivity contribution in [1.82, 2.24) is 4.98 Å².